The topological polar surface area (TPSA) is 98.5 Å². The Morgan fingerprint density at radius 1 is 1.17 bits per heavy atom. The quantitative estimate of drug-likeness (QED) is 0.499. The number of nitrogens with zero attached hydrogens (tertiary/aromatic N) is 1. The normalized spacial score (nSPS) is 10.1. The van der Waals surface area contributed by atoms with Crippen molar-refractivity contribution in [2.75, 3.05) is 11.9 Å². The summed E-state index contributed by atoms with van der Waals surface area (Å²) in [7, 11) is 0. The average molecular weight is 328 g/mol. The summed E-state index contributed by atoms with van der Waals surface area (Å²) in [5.41, 5.74) is 1.24. The lowest BCUT2D eigenvalue weighted by Crippen LogP contribution is -2.20. The lowest BCUT2D eigenvalue weighted by Gasteiger charge is -2.10. The van der Waals surface area contributed by atoms with Crippen LogP contribution in [0.4, 0.5) is 11.4 Å². The molecule has 0 aromatic heterocycles. The van der Waals surface area contributed by atoms with Crippen LogP contribution < -0.4 is 10.1 Å². The van der Waals surface area contributed by atoms with Crippen molar-refractivity contribution >= 4 is 23.1 Å². The van der Waals surface area contributed by atoms with Gasteiger partial charge in [-0.25, -0.2) is 0 Å². The molecule has 124 valence electrons. The van der Waals surface area contributed by atoms with Crippen molar-refractivity contribution in [3.63, 3.8) is 0 Å². The molecule has 2 aromatic carbocycles. The van der Waals surface area contributed by atoms with E-state index >= 15 is 0 Å². The summed E-state index contributed by atoms with van der Waals surface area (Å²) in [4.78, 5) is 33.5. The van der Waals surface area contributed by atoms with Gasteiger partial charge in [0, 0.05) is 11.6 Å². The number of nitro groups is 1. The van der Waals surface area contributed by atoms with E-state index in [2.05, 4.69) is 5.32 Å². The number of amides is 1. The Morgan fingerprint density at radius 3 is 2.42 bits per heavy atom. The number of ether oxygens (including phenoxy) is 1. The summed E-state index contributed by atoms with van der Waals surface area (Å²) < 4.78 is 5.34. The van der Waals surface area contributed by atoms with Crippen LogP contribution in [-0.2, 0) is 4.79 Å². The molecule has 1 N–H and O–H groups in total. The van der Waals surface area contributed by atoms with E-state index in [0.29, 0.717) is 22.6 Å². The van der Waals surface area contributed by atoms with E-state index in [4.69, 9.17) is 4.74 Å². The number of hydrogen-bond donors (Lipinski definition) is 1. The van der Waals surface area contributed by atoms with Crippen LogP contribution >= 0.6 is 0 Å². The van der Waals surface area contributed by atoms with Crippen LogP contribution in [0.1, 0.15) is 22.8 Å². The molecule has 0 heterocycles. The number of hydrogen-bond acceptors (Lipinski definition) is 5. The smallest absolute Gasteiger partial charge is 0.274 e. The highest BCUT2D eigenvalue weighted by molar-refractivity contribution is 5.94. The molecular weight excluding hydrogens is 312 g/mol. The third-order valence-electron chi connectivity index (χ3n) is 3.41. The molecule has 2 aromatic rings. The summed E-state index contributed by atoms with van der Waals surface area (Å²) in [6.07, 6.45) is 0. The first-order valence-electron chi connectivity index (χ1n) is 7.16. The van der Waals surface area contributed by atoms with Crippen molar-refractivity contribution in [3.8, 4) is 5.75 Å². The van der Waals surface area contributed by atoms with Gasteiger partial charge in [-0.1, -0.05) is 6.07 Å². The highest BCUT2D eigenvalue weighted by atomic mass is 16.6. The van der Waals surface area contributed by atoms with Gasteiger partial charge in [-0.05, 0) is 44.2 Å². The Balaban J connectivity index is 1.98. The van der Waals surface area contributed by atoms with Crippen LogP contribution in [0.15, 0.2) is 42.5 Å². The van der Waals surface area contributed by atoms with Crippen LogP contribution in [0.3, 0.4) is 0 Å². The van der Waals surface area contributed by atoms with Crippen LogP contribution in [0.5, 0.6) is 5.75 Å². The third kappa shape index (κ3) is 4.16. The first-order chi connectivity index (χ1) is 11.4. The highest BCUT2D eigenvalue weighted by Crippen LogP contribution is 2.25. The van der Waals surface area contributed by atoms with Crippen molar-refractivity contribution < 1.29 is 19.2 Å². The molecule has 0 unspecified atom stereocenters. The molecule has 1 amide bonds. The number of benzene rings is 2. The Kier molecular flexibility index (Phi) is 5.26. The second-order valence-corrected chi connectivity index (χ2v) is 5.12. The molecule has 0 bridgehead atoms. The average Bonchev–Trinajstić information content (AvgIpc) is 2.55. The number of anilines is 1. The largest absolute Gasteiger partial charge is 0.484 e. The van der Waals surface area contributed by atoms with E-state index < -0.39 is 10.8 Å². The maximum atomic E-state index is 11.9. The van der Waals surface area contributed by atoms with E-state index in [0.717, 1.165) is 0 Å². The van der Waals surface area contributed by atoms with Gasteiger partial charge in [0.05, 0.1) is 16.2 Å². The van der Waals surface area contributed by atoms with Crippen molar-refractivity contribution in [2.45, 2.75) is 13.8 Å². The van der Waals surface area contributed by atoms with E-state index in [-0.39, 0.29) is 18.1 Å². The molecule has 0 saturated heterocycles. The van der Waals surface area contributed by atoms with Gasteiger partial charge < -0.3 is 10.1 Å². The van der Waals surface area contributed by atoms with Crippen molar-refractivity contribution in [1.29, 1.82) is 0 Å². The predicted octanol–water partition coefficient (Wildman–Crippen LogP) is 3.12. The van der Waals surface area contributed by atoms with Crippen LogP contribution in [0, 0.1) is 17.0 Å². The lowest BCUT2D eigenvalue weighted by molar-refractivity contribution is -0.385. The monoisotopic (exact) mass is 328 g/mol. The molecule has 0 aliphatic rings. The summed E-state index contributed by atoms with van der Waals surface area (Å²) in [5, 5.41) is 13.5. The minimum Gasteiger partial charge on any atom is -0.484 e. The van der Waals surface area contributed by atoms with Crippen molar-refractivity contribution in [1.82, 2.24) is 0 Å². The molecule has 7 heteroatoms. The zero-order chi connectivity index (χ0) is 17.7. The molecule has 2 rings (SSSR count). The van der Waals surface area contributed by atoms with Gasteiger partial charge in [0.2, 0.25) is 0 Å². The molecular formula is C17H16N2O5. The minimum absolute atomic E-state index is 0.0551. The van der Waals surface area contributed by atoms with Gasteiger partial charge in [-0.2, -0.15) is 0 Å². The van der Waals surface area contributed by atoms with E-state index in [1.54, 1.807) is 37.3 Å². The first-order valence-corrected chi connectivity index (χ1v) is 7.16. The lowest BCUT2D eigenvalue weighted by atomic mass is 10.1. The molecule has 0 atom stereocenters. The molecule has 0 spiro atoms. The number of nitro benzene ring substituents is 1. The fourth-order valence-electron chi connectivity index (χ4n) is 2.08. The molecule has 0 aliphatic heterocycles. The molecule has 0 fully saturated rings. The fraction of sp³-hybridized carbons (Fsp3) is 0.176. The SMILES string of the molecule is CC(=O)c1ccc(OCC(=O)Nc2cccc([N+](=O)[O-])c2C)cc1. The zero-order valence-electron chi connectivity index (χ0n) is 13.2. The zero-order valence-corrected chi connectivity index (χ0v) is 13.2. The summed E-state index contributed by atoms with van der Waals surface area (Å²) >= 11 is 0. The molecule has 7 nitrogen and oxygen atoms in total. The Morgan fingerprint density at radius 2 is 1.83 bits per heavy atom. The molecule has 0 saturated carbocycles. The minimum atomic E-state index is -0.502. The number of carbonyl (C=O) groups excluding carboxylic acids is 2. The second-order valence-electron chi connectivity index (χ2n) is 5.12. The molecule has 24 heavy (non-hydrogen) atoms. The molecule has 0 radical (unpaired) electrons. The van der Waals surface area contributed by atoms with Gasteiger partial charge in [0.25, 0.3) is 11.6 Å². The Labute approximate surface area is 138 Å². The summed E-state index contributed by atoms with van der Waals surface area (Å²) in [6, 6.07) is 10.9. The third-order valence-corrected chi connectivity index (χ3v) is 3.41. The van der Waals surface area contributed by atoms with Crippen molar-refractivity contribution in [2.24, 2.45) is 0 Å². The number of rotatable bonds is 6. The van der Waals surface area contributed by atoms with Gasteiger partial charge in [-0.15, -0.1) is 0 Å². The van der Waals surface area contributed by atoms with Crippen LogP contribution in [0.2, 0.25) is 0 Å². The fourth-order valence-corrected chi connectivity index (χ4v) is 2.08. The standard InChI is InChI=1S/C17H16N2O5/c1-11-15(4-3-5-16(11)19(22)23)18-17(21)10-24-14-8-6-13(7-9-14)12(2)20/h3-9H,10H2,1-2H3,(H,18,21). The summed E-state index contributed by atoms with van der Waals surface area (Å²) in [5.74, 6) is -0.0411. The number of Topliss-reactive ketones (excluding diaryl/α,β-unsaturated/α-hetero) is 1. The van der Waals surface area contributed by atoms with Crippen molar-refractivity contribution in [3.05, 3.63) is 63.7 Å². The first kappa shape index (κ1) is 17.1. The maximum absolute atomic E-state index is 11.9. The molecule has 0 aliphatic carbocycles. The van der Waals surface area contributed by atoms with Gasteiger partial charge in [0.15, 0.2) is 12.4 Å². The highest BCUT2D eigenvalue weighted by Gasteiger charge is 2.15. The van der Waals surface area contributed by atoms with Gasteiger partial charge in [0.1, 0.15) is 5.75 Å². The van der Waals surface area contributed by atoms with Crippen LogP contribution in [0.25, 0.3) is 0 Å². The maximum Gasteiger partial charge on any atom is 0.274 e. The number of nitrogens with one attached hydrogen (secondary N) is 1. The van der Waals surface area contributed by atoms with Gasteiger partial charge in [-0.3, -0.25) is 19.7 Å². The van der Waals surface area contributed by atoms with Crippen LogP contribution in [-0.4, -0.2) is 23.2 Å². The van der Waals surface area contributed by atoms with E-state index in [1.807, 2.05) is 0 Å². The van der Waals surface area contributed by atoms with E-state index in [9.17, 15) is 19.7 Å². The Bertz CT molecular complexity index is 784. The van der Waals surface area contributed by atoms with E-state index in [1.165, 1.54) is 19.1 Å². The number of carbonyl (C=O) groups is 2. The second kappa shape index (κ2) is 7.36. The Hall–Kier alpha value is -3.22. The summed E-state index contributed by atoms with van der Waals surface area (Å²) in [6.45, 7) is 2.78. The van der Waals surface area contributed by atoms with Gasteiger partial charge >= 0.3 is 0 Å². The predicted molar refractivity (Wildman–Crippen MR) is 88.4 cm³/mol. The number of ketones is 1.